The van der Waals surface area contributed by atoms with Gasteiger partial charge in [-0.3, -0.25) is 14.2 Å². The first-order chi connectivity index (χ1) is 12.1. The Labute approximate surface area is 144 Å². The van der Waals surface area contributed by atoms with Crippen molar-refractivity contribution < 1.29 is 9.53 Å². The highest BCUT2D eigenvalue weighted by molar-refractivity contribution is 5.75. The van der Waals surface area contributed by atoms with Crippen LogP contribution in [0.25, 0.3) is 0 Å². The maximum atomic E-state index is 12.0. The van der Waals surface area contributed by atoms with Crippen molar-refractivity contribution in [3.05, 3.63) is 46.5 Å². The minimum Gasteiger partial charge on any atom is -0.378 e. The summed E-state index contributed by atoms with van der Waals surface area (Å²) < 4.78 is 6.59. The van der Waals surface area contributed by atoms with Gasteiger partial charge in [0, 0.05) is 31.0 Å². The minimum absolute atomic E-state index is 0.0880. The number of nitrogens with one attached hydrogen (secondary N) is 1. The van der Waals surface area contributed by atoms with Gasteiger partial charge in [-0.1, -0.05) is 0 Å². The molecule has 0 bridgehead atoms. The van der Waals surface area contributed by atoms with Crippen LogP contribution in [-0.2, 0) is 22.6 Å². The molecule has 0 unspecified atom stereocenters. The number of hydrogen-bond acceptors (Lipinski definition) is 7. The maximum Gasteiger partial charge on any atom is 0.253 e. The highest BCUT2D eigenvalue weighted by Gasteiger charge is 2.13. The van der Waals surface area contributed by atoms with Crippen molar-refractivity contribution in [2.45, 2.75) is 20.0 Å². The lowest BCUT2D eigenvalue weighted by atomic mass is 10.4. The number of rotatable bonds is 5. The third-order valence-electron chi connectivity index (χ3n) is 3.80. The van der Waals surface area contributed by atoms with Gasteiger partial charge in [-0.2, -0.15) is 0 Å². The van der Waals surface area contributed by atoms with Crippen LogP contribution in [-0.4, -0.2) is 51.7 Å². The van der Waals surface area contributed by atoms with Crippen LogP contribution in [0, 0.1) is 6.92 Å². The number of anilines is 1. The standard InChI is InChI=1S/C16H20N6O3/c1-12-8-16(24)22(11-19-12)10-15(23)18-9-13-17-3-2-14(20-13)21-4-6-25-7-5-21/h2-3,8,11H,4-7,9-10H2,1H3,(H,18,23). The summed E-state index contributed by atoms with van der Waals surface area (Å²) in [7, 11) is 0. The van der Waals surface area contributed by atoms with Gasteiger partial charge in [0.15, 0.2) is 0 Å². The fraction of sp³-hybridized carbons (Fsp3) is 0.438. The molecule has 9 heteroatoms. The Hall–Kier alpha value is -2.81. The monoisotopic (exact) mass is 344 g/mol. The molecule has 3 rings (SSSR count). The van der Waals surface area contributed by atoms with Crippen LogP contribution in [0.2, 0.25) is 0 Å². The lowest BCUT2D eigenvalue weighted by Gasteiger charge is -2.27. The molecule has 1 N–H and O–H groups in total. The number of amides is 1. The second-order valence-corrected chi connectivity index (χ2v) is 5.70. The topological polar surface area (TPSA) is 102 Å². The Morgan fingerprint density at radius 1 is 1.32 bits per heavy atom. The van der Waals surface area contributed by atoms with E-state index in [1.807, 2.05) is 6.07 Å². The summed E-state index contributed by atoms with van der Waals surface area (Å²) in [6.07, 6.45) is 3.04. The van der Waals surface area contributed by atoms with Crippen molar-refractivity contribution in [2.24, 2.45) is 0 Å². The van der Waals surface area contributed by atoms with Crippen molar-refractivity contribution in [1.29, 1.82) is 0 Å². The van der Waals surface area contributed by atoms with Gasteiger partial charge < -0.3 is 15.0 Å². The number of morpholine rings is 1. The first kappa shape index (κ1) is 17.0. The van der Waals surface area contributed by atoms with E-state index in [2.05, 4.69) is 25.2 Å². The van der Waals surface area contributed by atoms with Crippen LogP contribution in [0.5, 0.6) is 0 Å². The molecule has 2 aromatic rings. The fourth-order valence-corrected chi connectivity index (χ4v) is 2.47. The molecule has 3 heterocycles. The Morgan fingerprint density at radius 2 is 2.12 bits per heavy atom. The molecule has 1 aliphatic heterocycles. The zero-order valence-electron chi connectivity index (χ0n) is 14.0. The zero-order valence-corrected chi connectivity index (χ0v) is 14.0. The SMILES string of the molecule is Cc1cc(=O)n(CC(=O)NCc2nccc(N3CCOCC3)n2)cn1. The number of carbonyl (C=O) groups is 1. The second kappa shape index (κ2) is 7.84. The van der Waals surface area contributed by atoms with E-state index in [9.17, 15) is 9.59 Å². The Bertz CT molecular complexity index is 800. The van der Waals surface area contributed by atoms with Gasteiger partial charge in [-0.05, 0) is 13.0 Å². The third kappa shape index (κ3) is 4.60. The van der Waals surface area contributed by atoms with Gasteiger partial charge in [0.2, 0.25) is 5.91 Å². The number of carbonyl (C=O) groups excluding carboxylic acids is 1. The number of nitrogens with zero attached hydrogens (tertiary/aromatic N) is 5. The van der Waals surface area contributed by atoms with Crippen molar-refractivity contribution in [1.82, 2.24) is 24.8 Å². The van der Waals surface area contributed by atoms with Crippen LogP contribution in [0.15, 0.2) is 29.5 Å². The lowest BCUT2D eigenvalue weighted by molar-refractivity contribution is -0.121. The second-order valence-electron chi connectivity index (χ2n) is 5.70. The number of aryl methyl sites for hydroxylation is 1. The van der Waals surface area contributed by atoms with Crippen molar-refractivity contribution in [2.75, 3.05) is 31.2 Å². The van der Waals surface area contributed by atoms with Gasteiger partial charge in [0.05, 0.1) is 26.1 Å². The molecule has 25 heavy (non-hydrogen) atoms. The van der Waals surface area contributed by atoms with E-state index >= 15 is 0 Å². The molecule has 0 saturated carbocycles. The van der Waals surface area contributed by atoms with Gasteiger partial charge >= 0.3 is 0 Å². The third-order valence-corrected chi connectivity index (χ3v) is 3.80. The van der Waals surface area contributed by atoms with Crippen LogP contribution in [0.1, 0.15) is 11.5 Å². The van der Waals surface area contributed by atoms with Crippen molar-refractivity contribution >= 4 is 11.7 Å². The maximum absolute atomic E-state index is 12.0. The molecule has 0 aromatic carbocycles. The molecular weight excluding hydrogens is 324 g/mol. The Balaban J connectivity index is 1.57. The summed E-state index contributed by atoms with van der Waals surface area (Å²) in [5, 5.41) is 2.72. The average molecular weight is 344 g/mol. The van der Waals surface area contributed by atoms with E-state index in [-0.39, 0.29) is 24.6 Å². The predicted octanol–water partition coefficient (Wildman–Crippen LogP) is -0.505. The molecule has 1 fully saturated rings. The minimum atomic E-state index is -0.298. The van der Waals surface area contributed by atoms with E-state index in [0.29, 0.717) is 24.7 Å². The summed E-state index contributed by atoms with van der Waals surface area (Å²) in [6.45, 7) is 4.76. The highest BCUT2D eigenvalue weighted by Crippen LogP contribution is 2.11. The molecular formula is C16H20N6O3. The smallest absolute Gasteiger partial charge is 0.253 e. The van der Waals surface area contributed by atoms with E-state index < -0.39 is 0 Å². The summed E-state index contributed by atoms with van der Waals surface area (Å²) in [6, 6.07) is 3.23. The Kier molecular flexibility index (Phi) is 5.34. The largest absolute Gasteiger partial charge is 0.378 e. The first-order valence-electron chi connectivity index (χ1n) is 8.06. The van der Waals surface area contributed by atoms with E-state index in [0.717, 1.165) is 18.9 Å². The van der Waals surface area contributed by atoms with Gasteiger partial charge in [-0.25, -0.2) is 15.0 Å². The molecule has 1 saturated heterocycles. The fourth-order valence-electron chi connectivity index (χ4n) is 2.47. The van der Waals surface area contributed by atoms with Crippen LogP contribution in [0.4, 0.5) is 5.82 Å². The van der Waals surface area contributed by atoms with Gasteiger partial charge in [0.1, 0.15) is 18.2 Å². The average Bonchev–Trinajstić information content (AvgIpc) is 2.63. The van der Waals surface area contributed by atoms with Crippen LogP contribution >= 0.6 is 0 Å². The normalized spacial score (nSPS) is 14.4. The van der Waals surface area contributed by atoms with Crippen LogP contribution < -0.4 is 15.8 Å². The molecule has 1 aliphatic rings. The molecule has 0 atom stereocenters. The molecule has 2 aromatic heterocycles. The van der Waals surface area contributed by atoms with Gasteiger partial charge in [0.25, 0.3) is 5.56 Å². The Morgan fingerprint density at radius 3 is 2.88 bits per heavy atom. The van der Waals surface area contributed by atoms with E-state index in [1.54, 1.807) is 13.1 Å². The zero-order chi connectivity index (χ0) is 17.6. The van der Waals surface area contributed by atoms with E-state index in [4.69, 9.17) is 4.74 Å². The van der Waals surface area contributed by atoms with Gasteiger partial charge in [-0.15, -0.1) is 0 Å². The quantitative estimate of drug-likeness (QED) is 0.780. The van der Waals surface area contributed by atoms with Crippen molar-refractivity contribution in [3.8, 4) is 0 Å². The molecule has 1 amide bonds. The van der Waals surface area contributed by atoms with E-state index in [1.165, 1.54) is 17.0 Å². The molecule has 0 aliphatic carbocycles. The number of hydrogen-bond donors (Lipinski definition) is 1. The molecule has 0 spiro atoms. The predicted molar refractivity (Wildman–Crippen MR) is 90.1 cm³/mol. The summed E-state index contributed by atoms with van der Waals surface area (Å²) in [5.74, 6) is 1.04. The highest BCUT2D eigenvalue weighted by atomic mass is 16.5. The summed E-state index contributed by atoms with van der Waals surface area (Å²) in [5.41, 5.74) is 0.364. The summed E-state index contributed by atoms with van der Waals surface area (Å²) in [4.78, 5) is 38.6. The van der Waals surface area contributed by atoms with Crippen molar-refractivity contribution in [3.63, 3.8) is 0 Å². The lowest BCUT2D eigenvalue weighted by Crippen LogP contribution is -2.37. The van der Waals surface area contributed by atoms with Crippen LogP contribution in [0.3, 0.4) is 0 Å². The summed E-state index contributed by atoms with van der Waals surface area (Å²) >= 11 is 0. The molecule has 132 valence electrons. The number of ether oxygens (including phenoxy) is 1. The number of aromatic nitrogens is 4. The first-order valence-corrected chi connectivity index (χ1v) is 8.06. The molecule has 9 nitrogen and oxygen atoms in total. The molecule has 0 radical (unpaired) electrons.